The van der Waals surface area contributed by atoms with Crippen LogP contribution in [0.15, 0.2) is 9.59 Å². The van der Waals surface area contributed by atoms with Crippen LogP contribution < -0.4 is 11.2 Å². The number of hydrogen-bond acceptors (Lipinski definition) is 3. The number of aromatic nitrogens is 2. The summed E-state index contributed by atoms with van der Waals surface area (Å²) in [5.74, 6) is -0.0133. The van der Waals surface area contributed by atoms with Gasteiger partial charge in [0, 0.05) is 19.1 Å². The van der Waals surface area contributed by atoms with Crippen molar-refractivity contribution in [1.82, 2.24) is 14.5 Å². The van der Waals surface area contributed by atoms with Gasteiger partial charge in [0.1, 0.15) is 5.15 Å². The predicted molar refractivity (Wildman–Crippen MR) is 85.3 cm³/mol. The molecule has 118 valence electrons. The molecule has 0 amide bonds. The molecule has 0 unspecified atom stereocenters. The molecule has 1 aromatic heterocycles. The number of nitrogens with zero attached hydrogens (tertiary/aromatic N) is 2. The van der Waals surface area contributed by atoms with Gasteiger partial charge in [0.2, 0.25) is 0 Å². The van der Waals surface area contributed by atoms with Gasteiger partial charge in [0.05, 0.1) is 5.56 Å². The second-order valence-corrected chi connectivity index (χ2v) is 6.57. The average Bonchev–Trinajstić information content (AvgIpc) is 2.90. The molecule has 1 saturated carbocycles. The van der Waals surface area contributed by atoms with E-state index >= 15 is 0 Å². The molecule has 0 saturated heterocycles. The van der Waals surface area contributed by atoms with Crippen molar-refractivity contribution in [2.24, 2.45) is 0 Å². The Morgan fingerprint density at radius 3 is 2.52 bits per heavy atom. The van der Waals surface area contributed by atoms with Gasteiger partial charge in [-0.1, -0.05) is 38.3 Å². The Labute approximate surface area is 129 Å². The summed E-state index contributed by atoms with van der Waals surface area (Å²) < 4.78 is 1.27. The zero-order chi connectivity index (χ0) is 15.6. The monoisotopic (exact) mass is 313 g/mol. The van der Waals surface area contributed by atoms with Crippen molar-refractivity contribution >= 4 is 11.6 Å². The third-order valence-electron chi connectivity index (χ3n) is 4.38. The molecule has 1 aromatic rings. The Balaban J connectivity index is 2.18. The molecule has 0 aromatic carbocycles. The Bertz CT molecular complexity index is 600. The van der Waals surface area contributed by atoms with E-state index in [2.05, 4.69) is 16.9 Å². The highest BCUT2D eigenvalue weighted by Crippen LogP contribution is 2.22. The highest BCUT2D eigenvalue weighted by Gasteiger charge is 2.20. The second-order valence-electron chi connectivity index (χ2n) is 6.19. The minimum atomic E-state index is -0.422. The lowest BCUT2D eigenvalue weighted by molar-refractivity contribution is 0.234. The highest BCUT2D eigenvalue weighted by molar-refractivity contribution is 6.30. The Kier molecular flexibility index (Phi) is 5.27. The summed E-state index contributed by atoms with van der Waals surface area (Å²) in [7, 11) is 2.06. The SMILES string of the molecule is CC(C)c1c(Cl)[nH]c(=O)n(CCN(C)C2CCCC2)c1=O. The van der Waals surface area contributed by atoms with Crippen molar-refractivity contribution in [2.45, 2.75) is 58.0 Å². The smallest absolute Gasteiger partial charge is 0.302 e. The minimum absolute atomic E-state index is 0.0133. The maximum Gasteiger partial charge on any atom is 0.329 e. The first kappa shape index (κ1) is 16.3. The van der Waals surface area contributed by atoms with E-state index in [1.807, 2.05) is 13.8 Å². The van der Waals surface area contributed by atoms with E-state index in [1.165, 1.54) is 30.3 Å². The zero-order valence-corrected chi connectivity index (χ0v) is 13.7. The van der Waals surface area contributed by atoms with Gasteiger partial charge in [0.25, 0.3) is 5.56 Å². The standard InChI is InChI=1S/C15H24ClN3O2/c1-10(2)12-13(16)17-15(21)19(14(12)20)9-8-18(3)11-6-4-5-7-11/h10-11H,4-9H2,1-3H3,(H,17,21). The van der Waals surface area contributed by atoms with Crippen molar-refractivity contribution < 1.29 is 0 Å². The molecule has 1 aliphatic rings. The molecule has 6 heteroatoms. The van der Waals surface area contributed by atoms with Gasteiger partial charge in [-0.15, -0.1) is 0 Å². The maximum absolute atomic E-state index is 12.4. The molecule has 1 heterocycles. The molecule has 0 spiro atoms. The van der Waals surface area contributed by atoms with Crippen LogP contribution in [0.5, 0.6) is 0 Å². The number of hydrogen-bond donors (Lipinski definition) is 1. The lowest BCUT2D eigenvalue weighted by Gasteiger charge is -2.24. The molecule has 1 fully saturated rings. The number of likely N-dealkylation sites (N-methyl/N-ethyl adjacent to an activating group) is 1. The van der Waals surface area contributed by atoms with Crippen LogP contribution in [0.2, 0.25) is 5.15 Å². The first-order valence-electron chi connectivity index (χ1n) is 7.64. The Morgan fingerprint density at radius 2 is 1.95 bits per heavy atom. The molecule has 5 nitrogen and oxygen atoms in total. The quantitative estimate of drug-likeness (QED) is 0.848. The van der Waals surface area contributed by atoms with Crippen molar-refractivity contribution in [2.75, 3.05) is 13.6 Å². The van der Waals surface area contributed by atoms with Crippen LogP contribution in [0.4, 0.5) is 0 Å². The normalized spacial score (nSPS) is 16.3. The molecule has 21 heavy (non-hydrogen) atoms. The largest absolute Gasteiger partial charge is 0.329 e. The Morgan fingerprint density at radius 1 is 1.33 bits per heavy atom. The van der Waals surface area contributed by atoms with Crippen molar-refractivity contribution in [3.63, 3.8) is 0 Å². The van der Waals surface area contributed by atoms with E-state index in [1.54, 1.807) is 0 Å². The van der Waals surface area contributed by atoms with Crippen LogP contribution in [-0.4, -0.2) is 34.1 Å². The molecule has 2 rings (SSSR count). The van der Waals surface area contributed by atoms with Crippen LogP contribution >= 0.6 is 11.6 Å². The first-order valence-corrected chi connectivity index (χ1v) is 8.02. The fraction of sp³-hybridized carbons (Fsp3) is 0.733. The number of aromatic amines is 1. The van der Waals surface area contributed by atoms with Crippen LogP contribution in [0.1, 0.15) is 51.0 Å². The van der Waals surface area contributed by atoms with E-state index in [-0.39, 0.29) is 16.6 Å². The van der Waals surface area contributed by atoms with Gasteiger partial charge in [-0.25, -0.2) is 4.79 Å². The number of nitrogens with one attached hydrogen (secondary N) is 1. The summed E-state index contributed by atoms with van der Waals surface area (Å²) in [6, 6.07) is 0.580. The van der Waals surface area contributed by atoms with Crippen LogP contribution in [0.3, 0.4) is 0 Å². The summed E-state index contributed by atoms with van der Waals surface area (Å²) in [6.07, 6.45) is 4.96. The molecule has 0 aliphatic heterocycles. The fourth-order valence-electron chi connectivity index (χ4n) is 3.05. The highest BCUT2D eigenvalue weighted by atomic mass is 35.5. The average molecular weight is 314 g/mol. The van der Waals surface area contributed by atoms with E-state index in [9.17, 15) is 9.59 Å². The fourth-order valence-corrected chi connectivity index (χ4v) is 3.43. The minimum Gasteiger partial charge on any atom is -0.302 e. The molecule has 0 atom stereocenters. The third-order valence-corrected chi connectivity index (χ3v) is 4.67. The second kappa shape index (κ2) is 6.79. The van der Waals surface area contributed by atoms with Gasteiger partial charge in [0.15, 0.2) is 0 Å². The molecular formula is C15H24ClN3O2. The van der Waals surface area contributed by atoms with E-state index in [4.69, 9.17) is 11.6 Å². The van der Waals surface area contributed by atoms with Crippen LogP contribution in [0, 0.1) is 0 Å². The van der Waals surface area contributed by atoms with E-state index in [0.29, 0.717) is 24.7 Å². The van der Waals surface area contributed by atoms with Gasteiger partial charge in [-0.3, -0.25) is 14.3 Å². The summed E-state index contributed by atoms with van der Waals surface area (Å²) in [6.45, 7) is 4.90. The van der Waals surface area contributed by atoms with Crippen molar-refractivity contribution in [1.29, 1.82) is 0 Å². The summed E-state index contributed by atoms with van der Waals surface area (Å²) in [5.41, 5.74) is -0.201. The van der Waals surface area contributed by atoms with Crippen molar-refractivity contribution in [3.05, 3.63) is 31.6 Å². The first-order chi connectivity index (χ1) is 9.91. The van der Waals surface area contributed by atoms with Gasteiger partial charge in [-0.05, 0) is 25.8 Å². The van der Waals surface area contributed by atoms with Gasteiger partial charge >= 0.3 is 5.69 Å². The molecular weight excluding hydrogens is 290 g/mol. The number of H-pyrrole nitrogens is 1. The van der Waals surface area contributed by atoms with E-state index < -0.39 is 5.69 Å². The Hall–Kier alpha value is -1.07. The summed E-state index contributed by atoms with van der Waals surface area (Å²) in [5, 5.41) is 0.167. The topological polar surface area (TPSA) is 58.1 Å². The lowest BCUT2D eigenvalue weighted by Crippen LogP contribution is -2.41. The van der Waals surface area contributed by atoms with E-state index in [0.717, 1.165) is 0 Å². The maximum atomic E-state index is 12.4. The van der Waals surface area contributed by atoms with Gasteiger partial charge in [-0.2, -0.15) is 0 Å². The summed E-state index contributed by atoms with van der Waals surface area (Å²) >= 11 is 5.99. The number of rotatable bonds is 5. The van der Waals surface area contributed by atoms with Crippen LogP contribution in [-0.2, 0) is 6.54 Å². The van der Waals surface area contributed by atoms with Crippen LogP contribution in [0.25, 0.3) is 0 Å². The predicted octanol–water partition coefficient (Wildman–Crippen LogP) is 2.19. The third kappa shape index (κ3) is 3.58. The molecule has 0 radical (unpaired) electrons. The molecule has 0 bridgehead atoms. The zero-order valence-electron chi connectivity index (χ0n) is 13.0. The number of halogens is 1. The molecule has 1 aliphatic carbocycles. The summed E-state index contributed by atoms with van der Waals surface area (Å²) in [4.78, 5) is 29.2. The van der Waals surface area contributed by atoms with Gasteiger partial charge < -0.3 is 4.90 Å². The lowest BCUT2D eigenvalue weighted by atomic mass is 10.1. The molecule has 1 N–H and O–H groups in total. The van der Waals surface area contributed by atoms with Crippen molar-refractivity contribution in [3.8, 4) is 0 Å².